The standard InChI is InChI=1S/C15H19ClN4S/c1-17-11-12-2-3-13(10-14(12)16)19-5-7-20(8-6-19)15-18-4-9-21-15/h2-4,9-10,17H,5-8,11H2,1H3. The lowest BCUT2D eigenvalue weighted by atomic mass is 10.1. The van der Waals surface area contributed by atoms with Crippen LogP contribution in [0.25, 0.3) is 0 Å². The van der Waals surface area contributed by atoms with Crippen LogP contribution >= 0.6 is 22.9 Å². The van der Waals surface area contributed by atoms with E-state index in [1.807, 2.05) is 18.6 Å². The molecule has 0 saturated carbocycles. The quantitative estimate of drug-likeness (QED) is 0.938. The predicted molar refractivity (Wildman–Crippen MR) is 90.8 cm³/mol. The van der Waals surface area contributed by atoms with Gasteiger partial charge in [-0.1, -0.05) is 17.7 Å². The summed E-state index contributed by atoms with van der Waals surface area (Å²) in [4.78, 5) is 9.12. The van der Waals surface area contributed by atoms with Crippen LogP contribution in [-0.4, -0.2) is 38.2 Å². The van der Waals surface area contributed by atoms with E-state index in [0.29, 0.717) is 0 Å². The lowest BCUT2D eigenvalue weighted by Gasteiger charge is -2.36. The molecule has 21 heavy (non-hydrogen) atoms. The smallest absolute Gasteiger partial charge is 0.185 e. The molecule has 3 rings (SSSR count). The van der Waals surface area contributed by atoms with Crippen molar-refractivity contribution in [1.29, 1.82) is 0 Å². The Morgan fingerprint density at radius 1 is 1.24 bits per heavy atom. The van der Waals surface area contributed by atoms with Gasteiger partial charge >= 0.3 is 0 Å². The molecule has 2 heterocycles. The van der Waals surface area contributed by atoms with E-state index in [-0.39, 0.29) is 0 Å². The van der Waals surface area contributed by atoms with Crippen molar-refractivity contribution in [1.82, 2.24) is 10.3 Å². The average Bonchev–Trinajstić information content (AvgIpc) is 3.04. The third kappa shape index (κ3) is 3.31. The summed E-state index contributed by atoms with van der Waals surface area (Å²) in [6.07, 6.45) is 1.87. The fourth-order valence-electron chi connectivity index (χ4n) is 2.59. The molecule has 2 aromatic rings. The van der Waals surface area contributed by atoms with Crippen LogP contribution in [0.3, 0.4) is 0 Å². The number of nitrogens with zero attached hydrogens (tertiary/aromatic N) is 3. The summed E-state index contributed by atoms with van der Waals surface area (Å²) >= 11 is 8.06. The van der Waals surface area contributed by atoms with Crippen LogP contribution in [-0.2, 0) is 6.54 Å². The van der Waals surface area contributed by atoms with Gasteiger partial charge in [0.2, 0.25) is 0 Å². The Morgan fingerprint density at radius 2 is 2.00 bits per heavy atom. The summed E-state index contributed by atoms with van der Waals surface area (Å²) in [6, 6.07) is 6.35. The van der Waals surface area contributed by atoms with Gasteiger partial charge in [-0.15, -0.1) is 11.3 Å². The van der Waals surface area contributed by atoms with Crippen molar-refractivity contribution in [3.05, 3.63) is 40.4 Å². The molecule has 6 heteroatoms. The van der Waals surface area contributed by atoms with E-state index in [9.17, 15) is 0 Å². The van der Waals surface area contributed by atoms with Crippen molar-refractivity contribution in [3.8, 4) is 0 Å². The fourth-order valence-corrected chi connectivity index (χ4v) is 3.53. The van der Waals surface area contributed by atoms with Gasteiger partial charge in [-0.3, -0.25) is 0 Å². The highest BCUT2D eigenvalue weighted by molar-refractivity contribution is 7.13. The van der Waals surface area contributed by atoms with Gasteiger partial charge in [0.25, 0.3) is 0 Å². The molecule has 1 saturated heterocycles. The zero-order valence-corrected chi connectivity index (χ0v) is 13.6. The molecular formula is C15H19ClN4S. The number of thiazole rings is 1. The number of hydrogen-bond acceptors (Lipinski definition) is 5. The second-order valence-electron chi connectivity index (χ2n) is 5.09. The van der Waals surface area contributed by atoms with Gasteiger partial charge in [-0.25, -0.2) is 4.98 Å². The second-order valence-corrected chi connectivity index (χ2v) is 6.38. The van der Waals surface area contributed by atoms with Crippen LogP contribution in [0.4, 0.5) is 10.8 Å². The number of aromatic nitrogens is 1. The average molecular weight is 323 g/mol. The Balaban J connectivity index is 1.65. The van der Waals surface area contributed by atoms with Crippen molar-refractivity contribution in [2.24, 2.45) is 0 Å². The number of piperazine rings is 1. The summed E-state index contributed by atoms with van der Waals surface area (Å²) in [6.45, 7) is 4.81. The Labute approximate surface area is 134 Å². The maximum atomic E-state index is 6.35. The third-order valence-corrected chi connectivity index (χ3v) is 4.92. The van der Waals surface area contributed by atoms with E-state index in [1.54, 1.807) is 11.3 Å². The van der Waals surface area contributed by atoms with Gasteiger partial charge in [0, 0.05) is 55.0 Å². The summed E-state index contributed by atoms with van der Waals surface area (Å²) in [5.41, 5.74) is 2.35. The van der Waals surface area contributed by atoms with Crippen molar-refractivity contribution in [3.63, 3.8) is 0 Å². The molecule has 112 valence electrons. The second kappa shape index (κ2) is 6.64. The van der Waals surface area contributed by atoms with Crippen molar-refractivity contribution >= 4 is 33.8 Å². The van der Waals surface area contributed by atoms with Crippen LogP contribution < -0.4 is 15.1 Å². The first kappa shape index (κ1) is 14.6. The first-order valence-electron chi connectivity index (χ1n) is 7.10. The van der Waals surface area contributed by atoms with E-state index in [1.165, 1.54) is 5.69 Å². The van der Waals surface area contributed by atoms with Crippen LogP contribution in [0.15, 0.2) is 29.8 Å². The molecular weight excluding hydrogens is 304 g/mol. The van der Waals surface area contributed by atoms with E-state index in [0.717, 1.165) is 48.4 Å². The molecule has 0 radical (unpaired) electrons. The molecule has 1 fully saturated rings. The third-order valence-electron chi connectivity index (χ3n) is 3.74. The van der Waals surface area contributed by atoms with Crippen LogP contribution in [0, 0.1) is 0 Å². The summed E-state index contributed by atoms with van der Waals surface area (Å²) in [5.74, 6) is 0. The molecule has 0 aliphatic carbocycles. The largest absolute Gasteiger partial charge is 0.368 e. The fraction of sp³-hybridized carbons (Fsp3) is 0.400. The van der Waals surface area contributed by atoms with Crippen molar-refractivity contribution < 1.29 is 0 Å². The number of rotatable bonds is 4. The molecule has 1 aromatic carbocycles. The highest BCUT2D eigenvalue weighted by Crippen LogP contribution is 2.26. The Hall–Kier alpha value is -1.30. The Morgan fingerprint density at radius 3 is 2.62 bits per heavy atom. The summed E-state index contributed by atoms with van der Waals surface area (Å²) < 4.78 is 0. The number of hydrogen-bond donors (Lipinski definition) is 1. The number of anilines is 2. The highest BCUT2D eigenvalue weighted by Gasteiger charge is 2.19. The highest BCUT2D eigenvalue weighted by atomic mass is 35.5. The zero-order valence-electron chi connectivity index (χ0n) is 12.1. The van der Waals surface area contributed by atoms with Crippen LogP contribution in [0.5, 0.6) is 0 Å². The lowest BCUT2D eigenvalue weighted by molar-refractivity contribution is 0.652. The molecule has 1 aromatic heterocycles. The van der Waals surface area contributed by atoms with E-state index in [4.69, 9.17) is 11.6 Å². The van der Waals surface area contributed by atoms with Crippen molar-refractivity contribution in [2.75, 3.05) is 43.0 Å². The maximum Gasteiger partial charge on any atom is 0.185 e. The minimum Gasteiger partial charge on any atom is -0.368 e. The minimum absolute atomic E-state index is 0.803. The van der Waals surface area contributed by atoms with Gasteiger partial charge in [0.05, 0.1) is 0 Å². The number of nitrogens with one attached hydrogen (secondary N) is 1. The van der Waals surface area contributed by atoms with Gasteiger partial charge in [0.15, 0.2) is 5.13 Å². The minimum atomic E-state index is 0.803. The molecule has 1 aliphatic heterocycles. The zero-order chi connectivity index (χ0) is 14.7. The van der Waals surface area contributed by atoms with Gasteiger partial charge in [-0.05, 0) is 24.7 Å². The molecule has 1 N–H and O–H groups in total. The maximum absolute atomic E-state index is 6.35. The van der Waals surface area contributed by atoms with E-state index < -0.39 is 0 Å². The molecule has 0 spiro atoms. The molecule has 4 nitrogen and oxygen atoms in total. The van der Waals surface area contributed by atoms with Gasteiger partial charge < -0.3 is 15.1 Å². The number of halogens is 1. The Bertz CT molecular complexity index is 579. The topological polar surface area (TPSA) is 31.4 Å². The van der Waals surface area contributed by atoms with E-state index in [2.05, 4.69) is 38.3 Å². The molecule has 0 atom stereocenters. The first-order valence-corrected chi connectivity index (χ1v) is 8.36. The summed E-state index contributed by atoms with van der Waals surface area (Å²) in [7, 11) is 1.93. The first-order chi connectivity index (χ1) is 10.3. The van der Waals surface area contributed by atoms with Gasteiger partial charge in [-0.2, -0.15) is 0 Å². The van der Waals surface area contributed by atoms with Crippen LogP contribution in [0.1, 0.15) is 5.56 Å². The molecule has 0 unspecified atom stereocenters. The monoisotopic (exact) mass is 322 g/mol. The summed E-state index contributed by atoms with van der Waals surface area (Å²) in [5, 5.41) is 7.12. The number of benzene rings is 1. The molecule has 1 aliphatic rings. The SMILES string of the molecule is CNCc1ccc(N2CCN(c3nccs3)CC2)cc1Cl. The normalized spacial score (nSPS) is 15.5. The lowest BCUT2D eigenvalue weighted by Crippen LogP contribution is -2.46. The Kier molecular flexibility index (Phi) is 4.63. The molecule has 0 amide bonds. The van der Waals surface area contributed by atoms with Crippen LogP contribution in [0.2, 0.25) is 5.02 Å². The van der Waals surface area contributed by atoms with E-state index >= 15 is 0 Å². The van der Waals surface area contributed by atoms with Gasteiger partial charge in [0.1, 0.15) is 0 Å². The molecule has 0 bridgehead atoms. The predicted octanol–water partition coefficient (Wildman–Crippen LogP) is 2.84. The van der Waals surface area contributed by atoms with Crippen molar-refractivity contribution in [2.45, 2.75) is 6.54 Å².